The van der Waals surface area contributed by atoms with Crippen LogP contribution in [0, 0.1) is 11.6 Å². The van der Waals surface area contributed by atoms with E-state index in [9.17, 15) is 23.5 Å². The van der Waals surface area contributed by atoms with E-state index in [2.05, 4.69) is 10.3 Å². The molecule has 30 heavy (non-hydrogen) atoms. The molecule has 0 saturated heterocycles. The number of nitrogens with zero attached hydrogens (tertiary/aromatic N) is 2. The van der Waals surface area contributed by atoms with Crippen molar-refractivity contribution >= 4 is 28.3 Å². The van der Waals surface area contributed by atoms with Gasteiger partial charge in [0.1, 0.15) is 17.4 Å². The van der Waals surface area contributed by atoms with Crippen LogP contribution in [0.25, 0.3) is 0 Å². The molecule has 0 unspecified atom stereocenters. The van der Waals surface area contributed by atoms with Crippen LogP contribution in [0.2, 0.25) is 0 Å². The van der Waals surface area contributed by atoms with E-state index in [0.717, 1.165) is 23.5 Å². The van der Waals surface area contributed by atoms with Crippen molar-refractivity contribution < 1.29 is 23.5 Å². The molecule has 0 aliphatic rings. The second-order valence-corrected chi connectivity index (χ2v) is 7.29. The van der Waals surface area contributed by atoms with Crippen LogP contribution in [0.5, 0.6) is 5.75 Å². The molecule has 6 nitrogen and oxygen atoms in total. The van der Waals surface area contributed by atoms with Crippen molar-refractivity contribution in [2.45, 2.75) is 19.9 Å². The van der Waals surface area contributed by atoms with Gasteiger partial charge in [-0.3, -0.25) is 14.9 Å². The molecule has 1 heterocycles. The van der Waals surface area contributed by atoms with Crippen molar-refractivity contribution in [3.63, 3.8) is 0 Å². The summed E-state index contributed by atoms with van der Waals surface area (Å²) in [6.45, 7) is 1.82. The Morgan fingerprint density at radius 1 is 1.17 bits per heavy atom. The normalized spacial score (nSPS) is 10.6. The van der Waals surface area contributed by atoms with E-state index in [-0.39, 0.29) is 42.3 Å². The molecule has 3 aromatic rings. The lowest BCUT2D eigenvalue weighted by atomic mass is 10.1. The standard InChI is InChI=1S/C21H19F2N3O3S/c1-2-26(11-16-17(22)7-4-8-18(16)23)19(28)10-14-12-30-21(24-14)25-20(29)13-5-3-6-15(27)9-13/h3-9,12,27H,2,10-11H2,1H3,(H,24,25,29). The second kappa shape index (κ2) is 9.45. The zero-order valence-corrected chi connectivity index (χ0v) is 16.9. The number of phenolic OH excluding ortho intramolecular Hbond substituents is 1. The summed E-state index contributed by atoms with van der Waals surface area (Å²) in [7, 11) is 0. The van der Waals surface area contributed by atoms with Gasteiger partial charge < -0.3 is 10.0 Å². The maximum Gasteiger partial charge on any atom is 0.257 e. The Kier molecular flexibility index (Phi) is 6.73. The highest BCUT2D eigenvalue weighted by molar-refractivity contribution is 7.14. The summed E-state index contributed by atoms with van der Waals surface area (Å²) in [5.41, 5.74) is 0.542. The molecule has 0 aliphatic carbocycles. The highest BCUT2D eigenvalue weighted by Crippen LogP contribution is 2.20. The molecule has 0 spiro atoms. The fourth-order valence-corrected chi connectivity index (χ4v) is 3.48. The van der Waals surface area contributed by atoms with Crippen LogP contribution in [-0.2, 0) is 17.8 Å². The predicted molar refractivity (Wildman–Crippen MR) is 109 cm³/mol. The van der Waals surface area contributed by atoms with Crippen molar-refractivity contribution in [1.82, 2.24) is 9.88 Å². The number of amides is 2. The van der Waals surface area contributed by atoms with E-state index in [1.54, 1.807) is 24.4 Å². The zero-order chi connectivity index (χ0) is 21.7. The molecule has 0 atom stereocenters. The van der Waals surface area contributed by atoms with Crippen LogP contribution in [-0.4, -0.2) is 33.3 Å². The van der Waals surface area contributed by atoms with Gasteiger partial charge in [-0.15, -0.1) is 11.3 Å². The number of hydrogen-bond donors (Lipinski definition) is 2. The molecular formula is C21H19F2N3O3S. The van der Waals surface area contributed by atoms with Gasteiger partial charge in [-0.25, -0.2) is 13.8 Å². The van der Waals surface area contributed by atoms with Crippen LogP contribution in [0.1, 0.15) is 28.5 Å². The average molecular weight is 431 g/mol. The average Bonchev–Trinajstić information content (AvgIpc) is 3.14. The van der Waals surface area contributed by atoms with Crippen molar-refractivity contribution in [3.8, 4) is 5.75 Å². The molecule has 2 amide bonds. The largest absolute Gasteiger partial charge is 0.508 e. The van der Waals surface area contributed by atoms with Gasteiger partial charge in [0.05, 0.1) is 18.7 Å². The first-order valence-corrected chi connectivity index (χ1v) is 10.0. The van der Waals surface area contributed by atoms with Gasteiger partial charge in [-0.05, 0) is 37.3 Å². The second-order valence-electron chi connectivity index (χ2n) is 6.43. The topological polar surface area (TPSA) is 82.5 Å². The minimum Gasteiger partial charge on any atom is -0.508 e. The number of thiazole rings is 1. The highest BCUT2D eigenvalue weighted by Gasteiger charge is 2.19. The Morgan fingerprint density at radius 3 is 2.53 bits per heavy atom. The van der Waals surface area contributed by atoms with Crippen LogP contribution in [0.3, 0.4) is 0 Å². The summed E-state index contributed by atoms with van der Waals surface area (Å²) in [6.07, 6.45) is -0.0671. The first-order valence-electron chi connectivity index (χ1n) is 9.12. The summed E-state index contributed by atoms with van der Waals surface area (Å²) in [5, 5.41) is 14.0. The van der Waals surface area contributed by atoms with Gasteiger partial charge >= 0.3 is 0 Å². The van der Waals surface area contributed by atoms with E-state index in [4.69, 9.17) is 0 Å². The monoisotopic (exact) mass is 431 g/mol. The Morgan fingerprint density at radius 2 is 1.87 bits per heavy atom. The van der Waals surface area contributed by atoms with E-state index in [1.165, 1.54) is 23.1 Å². The summed E-state index contributed by atoms with van der Waals surface area (Å²) < 4.78 is 27.8. The Balaban J connectivity index is 1.64. The number of nitrogens with one attached hydrogen (secondary N) is 1. The third-order valence-corrected chi connectivity index (χ3v) is 5.16. The molecule has 156 valence electrons. The molecule has 0 bridgehead atoms. The fraction of sp³-hybridized carbons (Fsp3) is 0.190. The SMILES string of the molecule is CCN(Cc1c(F)cccc1F)C(=O)Cc1csc(NC(=O)c2cccc(O)c2)n1. The fourth-order valence-electron chi connectivity index (χ4n) is 2.78. The number of likely N-dealkylation sites (N-methyl/N-ethyl adjacent to an activating group) is 1. The molecule has 1 aromatic heterocycles. The molecule has 0 fully saturated rings. The predicted octanol–water partition coefficient (Wildman–Crippen LogP) is 3.97. The molecule has 0 saturated carbocycles. The first kappa shape index (κ1) is 21.4. The maximum absolute atomic E-state index is 13.9. The molecule has 3 rings (SSSR count). The maximum atomic E-state index is 13.9. The minimum atomic E-state index is -0.702. The van der Waals surface area contributed by atoms with E-state index >= 15 is 0 Å². The molecule has 9 heteroatoms. The number of carbonyl (C=O) groups is 2. The van der Waals surface area contributed by atoms with Crippen LogP contribution in [0.15, 0.2) is 47.8 Å². The molecule has 2 N–H and O–H groups in total. The van der Waals surface area contributed by atoms with E-state index in [1.807, 2.05) is 0 Å². The third kappa shape index (κ3) is 5.18. The van der Waals surface area contributed by atoms with Crippen LogP contribution in [0.4, 0.5) is 13.9 Å². The van der Waals surface area contributed by atoms with Gasteiger partial charge in [0.25, 0.3) is 5.91 Å². The number of anilines is 1. The number of carbonyl (C=O) groups excluding carboxylic acids is 2. The number of hydrogen-bond acceptors (Lipinski definition) is 5. The lowest BCUT2D eigenvalue weighted by molar-refractivity contribution is -0.131. The van der Waals surface area contributed by atoms with Crippen molar-refractivity contribution in [3.05, 3.63) is 76.3 Å². The van der Waals surface area contributed by atoms with Crippen molar-refractivity contribution in [1.29, 1.82) is 0 Å². The van der Waals surface area contributed by atoms with Gasteiger partial charge in [-0.1, -0.05) is 12.1 Å². The number of halogens is 2. The minimum absolute atomic E-state index is 0.0287. The lowest BCUT2D eigenvalue weighted by Gasteiger charge is -2.21. The summed E-state index contributed by atoms with van der Waals surface area (Å²) in [4.78, 5) is 30.4. The quantitative estimate of drug-likeness (QED) is 0.593. The highest BCUT2D eigenvalue weighted by atomic mass is 32.1. The van der Waals surface area contributed by atoms with E-state index < -0.39 is 17.5 Å². The lowest BCUT2D eigenvalue weighted by Crippen LogP contribution is -2.32. The zero-order valence-electron chi connectivity index (χ0n) is 16.1. The van der Waals surface area contributed by atoms with E-state index in [0.29, 0.717) is 10.8 Å². The summed E-state index contributed by atoms with van der Waals surface area (Å²) in [5.74, 6) is -2.21. The number of phenols is 1. The third-order valence-electron chi connectivity index (χ3n) is 4.36. The molecule has 0 radical (unpaired) electrons. The van der Waals surface area contributed by atoms with Crippen LogP contribution >= 0.6 is 11.3 Å². The molecule has 2 aromatic carbocycles. The summed E-state index contributed by atoms with van der Waals surface area (Å²) >= 11 is 1.15. The Labute approximate surface area is 175 Å². The van der Waals surface area contributed by atoms with Crippen LogP contribution < -0.4 is 5.32 Å². The number of aromatic nitrogens is 1. The number of aromatic hydroxyl groups is 1. The molecule has 0 aliphatic heterocycles. The Hall–Kier alpha value is -3.33. The smallest absolute Gasteiger partial charge is 0.257 e. The molecular weight excluding hydrogens is 412 g/mol. The van der Waals surface area contributed by atoms with Gasteiger partial charge in [-0.2, -0.15) is 0 Å². The first-order chi connectivity index (χ1) is 14.4. The van der Waals surface area contributed by atoms with Crippen molar-refractivity contribution in [2.24, 2.45) is 0 Å². The number of benzene rings is 2. The number of rotatable bonds is 7. The van der Waals surface area contributed by atoms with Gasteiger partial charge in [0.2, 0.25) is 5.91 Å². The van der Waals surface area contributed by atoms with Crippen molar-refractivity contribution in [2.75, 3.05) is 11.9 Å². The summed E-state index contributed by atoms with van der Waals surface area (Å²) in [6, 6.07) is 9.46. The van der Waals surface area contributed by atoms with Gasteiger partial charge in [0, 0.05) is 23.1 Å². The van der Waals surface area contributed by atoms with Gasteiger partial charge in [0.15, 0.2) is 5.13 Å². The Bertz CT molecular complexity index is 1050.